The molecule has 0 saturated heterocycles. The van der Waals surface area contributed by atoms with Crippen molar-refractivity contribution in [3.63, 3.8) is 0 Å². The maximum absolute atomic E-state index is 9.16. The third kappa shape index (κ3) is 9.97. The van der Waals surface area contributed by atoms with Gasteiger partial charge in [-0.15, -0.1) is 0 Å². The quantitative estimate of drug-likeness (QED) is 0.234. The van der Waals surface area contributed by atoms with Gasteiger partial charge in [-0.3, -0.25) is 9.78 Å². The van der Waals surface area contributed by atoms with Crippen LogP contribution in [0.25, 0.3) is 5.70 Å². The van der Waals surface area contributed by atoms with Crippen LogP contribution >= 0.6 is 0 Å². The molecule has 26 heavy (non-hydrogen) atoms. The molecular weight excluding hydrogens is 334 g/mol. The number of nitrogens with one attached hydrogen (secondary N) is 1. The highest BCUT2D eigenvalue weighted by Crippen LogP contribution is 2.15. The van der Waals surface area contributed by atoms with E-state index in [1.54, 1.807) is 20.2 Å². The van der Waals surface area contributed by atoms with Gasteiger partial charge in [0.1, 0.15) is 0 Å². The molecule has 0 aliphatic heterocycles. The topological polar surface area (TPSA) is 127 Å². The Hall–Kier alpha value is -2.16. The number of likely N-dealkylation sites (N-methyl/N-ethyl adjacent to an activating group) is 1. The van der Waals surface area contributed by atoms with Crippen LogP contribution in [-0.2, 0) is 16.1 Å². The number of aryl methyl sites for hydroxylation is 1. The van der Waals surface area contributed by atoms with Gasteiger partial charge >= 0.3 is 0 Å². The number of aliphatic hydroxyl groups is 1. The van der Waals surface area contributed by atoms with Gasteiger partial charge in [-0.05, 0) is 25.0 Å². The van der Waals surface area contributed by atoms with Crippen LogP contribution < -0.4 is 16.9 Å². The number of aromatic nitrogens is 1. The molecule has 150 valence electrons. The van der Waals surface area contributed by atoms with Crippen LogP contribution in [0.3, 0.4) is 0 Å². The molecule has 1 heterocycles. The molecule has 8 nitrogen and oxygen atoms in total. The summed E-state index contributed by atoms with van der Waals surface area (Å²) >= 11 is 0. The minimum atomic E-state index is -0.0357. The van der Waals surface area contributed by atoms with Gasteiger partial charge in [0.2, 0.25) is 6.41 Å². The van der Waals surface area contributed by atoms with Gasteiger partial charge in [0.25, 0.3) is 0 Å². The summed E-state index contributed by atoms with van der Waals surface area (Å²) in [5.74, 6) is 5.80. The van der Waals surface area contributed by atoms with Crippen LogP contribution in [0.5, 0.6) is 0 Å². The zero-order chi connectivity index (χ0) is 20.5. The smallest absolute Gasteiger partial charge is 0.206 e. The van der Waals surface area contributed by atoms with E-state index in [4.69, 9.17) is 26.2 Å². The Labute approximate surface area is 157 Å². The van der Waals surface area contributed by atoms with E-state index in [1.807, 2.05) is 33.8 Å². The van der Waals surface area contributed by atoms with Gasteiger partial charge < -0.3 is 25.9 Å². The molecule has 0 atom stereocenters. The molecule has 0 radical (unpaired) electrons. The molecule has 1 rings (SSSR count). The van der Waals surface area contributed by atoms with Gasteiger partial charge in [0, 0.05) is 26.4 Å². The second-order valence-corrected chi connectivity index (χ2v) is 5.03. The summed E-state index contributed by atoms with van der Waals surface area (Å²) in [5, 5.41) is 12.9. The Bertz CT molecular complexity index is 534. The largest absolute Gasteiger partial charge is 0.395 e. The Morgan fingerprint density at radius 1 is 1.42 bits per heavy atom. The lowest BCUT2D eigenvalue weighted by atomic mass is 10.1. The van der Waals surface area contributed by atoms with Crippen molar-refractivity contribution in [3.05, 3.63) is 34.8 Å². The van der Waals surface area contributed by atoms with Crippen LogP contribution in [0.2, 0.25) is 0 Å². The van der Waals surface area contributed by atoms with E-state index in [0.29, 0.717) is 36.7 Å². The molecule has 1 amide bonds. The van der Waals surface area contributed by atoms with Gasteiger partial charge in [-0.2, -0.15) is 0 Å². The lowest BCUT2D eigenvalue weighted by Gasteiger charge is -2.20. The summed E-state index contributed by atoms with van der Waals surface area (Å²) < 4.78 is 5.50. The lowest BCUT2D eigenvalue weighted by molar-refractivity contribution is -0.109. The average molecular weight is 370 g/mol. The first-order valence-corrected chi connectivity index (χ1v) is 8.66. The Morgan fingerprint density at radius 3 is 2.38 bits per heavy atom. The van der Waals surface area contributed by atoms with E-state index in [1.165, 1.54) is 5.01 Å². The van der Waals surface area contributed by atoms with E-state index in [9.17, 15) is 0 Å². The van der Waals surface area contributed by atoms with Gasteiger partial charge in [0.05, 0.1) is 30.3 Å². The summed E-state index contributed by atoms with van der Waals surface area (Å²) in [5.41, 5.74) is 9.47. The number of hydrazine groups is 1. The molecule has 0 aromatic carbocycles. The SMILES string of the molecule is CC.CCCOC/C(=C(/N)c1ccc(CO)c(C)n1)N(C)N.CNC=O. The van der Waals surface area contributed by atoms with Crippen molar-refractivity contribution in [1.29, 1.82) is 0 Å². The number of amides is 1. The normalized spacial score (nSPS) is 10.5. The summed E-state index contributed by atoms with van der Waals surface area (Å²) in [6.45, 7) is 8.83. The van der Waals surface area contributed by atoms with Gasteiger partial charge in [-0.1, -0.05) is 26.8 Å². The van der Waals surface area contributed by atoms with Crippen LogP contribution in [-0.4, -0.2) is 48.8 Å². The maximum atomic E-state index is 9.16. The summed E-state index contributed by atoms with van der Waals surface area (Å²) in [6.07, 6.45) is 1.56. The summed E-state index contributed by atoms with van der Waals surface area (Å²) in [7, 11) is 3.28. The van der Waals surface area contributed by atoms with Crippen LogP contribution in [0, 0.1) is 6.92 Å². The number of ether oxygens (including phenoxy) is 1. The first-order valence-electron chi connectivity index (χ1n) is 8.66. The van der Waals surface area contributed by atoms with Crippen molar-refractivity contribution in [2.75, 3.05) is 27.3 Å². The lowest BCUT2D eigenvalue weighted by Crippen LogP contribution is -2.30. The third-order valence-corrected chi connectivity index (χ3v) is 3.08. The number of nitrogens with two attached hydrogens (primary N) is 2. The van der Waals surface area contributed by atoms with Crippen LogP contribution in [0.4, 0.5) is 0 Å². The number of nitrogens with zero attached hydrogens (tertiary/aromatic N) is 2. The molecule has 0 aliphatic carbocycles. The molecule has 0 bridgehead atoms. The number of pyridine rings is 1. The minimum absolute atomic E-state index is 0.0357. The van der Waals surface area contributed by atoms with Crippen LogP contribution in [0.1, 0.15) is 44.1 Å². The molecule has 6 N–H and O–H groups in total. The zero-order valence-electron chi connectivity index (χ0n) is 16.9. The Balaban J connectivity index is 0. The number of hydrogen-bond donors (Lipinski definition) is 4. The fourth-order valence-electron chi connectivity index (χ4n) is 1.74. The molecule has 0 spiro atoms. The van der Waals surface area contributed by atoms with E-state index in [0.717, 1.165) is 17.7 Å². The van der Waals surface area contributed by atoms with E-state index < -0.39 is 0 Å². The highest BCUT2D eigenvalue weighted by molar-refractivity contribution is 5.63. The summed E-state index contributed by atoms with van der Waals surface area (Å²) in [4.78, 5) is 13.5. The molecule has 0 aliphatic rings. The maximum Gasteiger partial charge on any atom is 0.206 e. The second kappa shape index (κ2) is 16.3. The highest BCUT2D eigenvalue weighted by atomic mass is 16.5. The first kappa shape index (κ1) is 26.1. The van der Waals surface area contributed by atoms with Crippen molar-refractivity contribution in [2.45, 2.75) is 40.7 Å². The summed E-state index contributed by atoms with van der Waals surface area (Å²) in [6, 6.07) is 3.59. The average Bonchev–Trinajstić information content (AvgIpc) is 2.66. The fourth-order valence-corrected chi connectivity index (χ4v) is 1.74. The fraction of sp³-hybridized carbons (Fsp3) is 0.556. The monoisotopic (exact) mass is 369 g/mol. The van der Waals surface area contributed by atoms with Crippen LogP contribution in [0.15, 0.2) is 17.8 Å². The van der Waals surface area contributed by atoms with Gasteiger partial charge in [0.15, 0.2) is 0 Å². The molecule has 0 saturated carbocycles. The third-order valence-electron chi connectivity index (χ3n) is 3.08. The molecule has 1 aromatic rings. The first-order chi connectivity index (χ1) is 12.4. The van der Waals surface area contributed by atoms with Crippen molar-refractivity contribution in [2.24, 2.45) is 11.6 Å². The van der Waals surface area contributed by atoms with E-state index in [-0.39, 0.29) is 6.61 Å². The second-order valence-electron chi connectivity index (χ2n) is 5.03. The van der Waals surface area contributed by atoms with Crippen molar-refractivity contribution in [3.8, 4) is 0 Å². The predicted molar refractivity (Wildman–Crippen MR) is 106 cm³/mol. The van der Waals surface area contributed by atoms with Gasteiger partial charge in [-0.25, -0.2) is 5.84 Å². The number of aliphatic hydroxyl groups excluding tert-OH is 1. The molecular formula is C18H35N5O3. The zero-order valence-corrected chi connectivity index (χ0v) is 16.9. The van der Waals surface area contributed by atoms with E-state index in [2.05, 4.69) is 10.3 Å². The standard InChI is InChI=1S/C14H24N4O2.C2H5NO.C2H6/c1-4-7-20-9-13(18(3)16)14(15)12-6-5-11(8-19)10(2)17-12;1-3-2-4;1-2/h5-6,19H,4,7-9,15-16H2,1-3H3;2H,1H3,(H,3,4);1-2H3/b14-13-;;. The molecule has 8 heteroatoms. The number of rotatable bonds is 8. The van der Waals surface area contributed by atoms with Crippen molar-refractivity contribution >= 4 is 12.1 Å². The molecule has 1 aromatic heterocycles. The molecule has 0 fully saturated rings. The minimum Gasteiger partial charge on any atom is -0.395 e. The van der Waals surface area contributed by atoms with E-state index >= 15 is 0 Å². The molecule has 0 unspecified atom stereocenters. The number of carbonyl (C=O) groups is 1. The Kier molecular flexibility index (Phi) is 16.4. The number of hydrogen-bond acceptors (Lipinski definition) is 7. The number of carbonyl (C=O) groups excluding carboxylic acids is 1. The Morgan fingerprint density at radius 2 is 2.00 bits per heavy atom. The highest BCUT2D eigenvalue weighted by Gasteiger charge is 2.11. The van der Waals surface area contributed by atoms with Crippen molar-refractivity contribution < 1.29 is 14.6 Å². The van der Waals surface area contributed by atoms with Crippen molar-refractivity contribution in [1.82, 2.24) is 15.3 Å². The predicted octanol–water partition coefficient (Wildman–Crippen LogP) is 1.13.